The zero-order valence-corrected chi connectivity index (χ0v) is 14.9. The molecule has 0 spiro atoms. The van der Waals surface area contributed by atoms with Crippen LogP contribution in [0.4, 0.5) is 0 Å². The number of aryl methyl sites for hydroxylation is 2. The summed E-state index contributed by atoms with van der Waals surface area (Å²) in [4.78, 5) is 30.9. The number of methoxy groups -OCH3 is 1. The molecule has 0 N–H and O–H groups in total. The van der Waals surface area contributed by atoms with Gasteiger partial charge in [-0.2, -0.15) is 5.10 Å². The summed E-state index contributed by atoms with van der Waals surface area (Å²) in [5.74, 6) is -0.728. The number of likely N-dealkylation sites (tertiary alicyclic amines) is 1. The first-order chi connectivity index (χ1) is 12.0. The van der Waals surface area contributed by atoms with Gasteiger partial charge < -0.3 is 9.64 Å². The van der Waals surface area contributed by atoms with E-state index in [1.54, 1.807) is 6.07 Å². The predicted octanol–water partition coefficient (Wildman–Crippen LogP) is 2.20. The molecule has 3 rings (SSSR count). The lowest BCUT2D eigenvalue weighted by atomic mass is 10.0. The molecule has 2 aromatic rings. The first-order valence-electron chi connectivity index (χ1n) is 8.29. The van der Waals surface area contributed by atoms with Crippen LogP contribution >= 0.6 is 0 Å². The van der Waals surface area contributed by atoms with Crippen molar-refractivity contribution in [1.29, 1.82) is 0 Å². The molecule has 1 atom stereocenters. The van der Waals surface area contributed by atoms with E-state index >= 15 is 0 Å². The van der Waals surface area contributed by atoms with Gasteiger partial charge in [-0.05, 0) is 32.8 Å². The Morgan fingerprint density at radius 2 is 2.04 bits per heavy atom. The second kappa shape index (κ2) is 6.66. The van der Waals surface area contributed by atoms with Gasteiger partial charge >= 0.3 is 5.97 Å². The molecule has 3 heterocycles. The Bertz CT molecular complexity index is 828. The molecule has 1 amide bonds. The van der Waals surface area contributed by atoms with Crippen LogP contribution in [-0.4, -0.2) is 45.2 Å². The fraction of sp³-hybridized carbons (Fsp3) is 0.444. The molecule has 25 heavy (non-hydrogen) atoms. The van der Waals surface area contributed by atoms with Crippen LogP contribution in [0.25, 0.3) is 0 Å². The highest BCUT2D eigenvalue weighted by Gasteiger charge is 2.35. The van der Waals surface area contributed by atoms with Crippen molar-refractivity contribution in [2.45, 2.75) is 32.7 Å². The zero-order valence-electron chi connectivity index (χ0n) is 14.9. The van der Waals surface area contributed by atoms with Crippen molar-refractivity contribution >= 4 is 11.9 Å². The van der Waals surface area contributed by atoms with E-state index in [1.165, 1.54) is 19.5 Å². The molecule has 2 aromatic heterocycles. The SMILES string of the molecule is COC(=O)c1cnccc1C(=O)N1CCC[C@@H]1c1c(C)nn(C)c1C. The maximum Gasteiger partial charge on any atom is 0.340 e. The van der Waals surface area contributed by atoms with Crippen LogP contribution in [0.15, 0.2) is 18.5 Å². The number of pyridine rings is 1. The summed E-state index contributed by atoms with van der Waals surface area (Å²) in [6.45, 7) is 4.64. The Kier molecular flexibility index (Phi) is 4.57. The fourth-order valence-corrected chi connectivity index (χ4v) is 3.59. The smallest absolute Gasteiger partial charge is 0.340 e. The molecule has 7 nitrogen and oxygen atoms in total. The highest BCUT2D eigenvalue weighted by atomic mass is 16.5. The molecule has 132 valence electrons. The van der Waals surface area contributed by atoms with Gasteiger partial charge in [0.25, 0.3) is 5.91 Å². The second-order valence-corrected chi connectivity index (χ2v) is 6.28. The predicted molar refractivity (Wildman–Crippen MR) is 91.3 cm³/mol. The van der Waals surface area contributed by atoms with Gasteiger partial charge in [0.05, 0.1) is 30.0 Å². The van der Waals surface area contributed by atoms with Crippen molar-refractivity contribution in [1.82, 2.24) is 19.7 Å². The highest BCUT2D eigenvalue weighted by Crippen LogP contribution is 2.36. The first kappa shape index (κ1) is 17.1. The minimum atomic E-state index is -0.555. The van der Waals surface area contributed by atoms with Crippen molar-refractivity contribution in [3.05, 3.63) is 46.5 Å². The Balaban J connectivity index is 1.99. The Labute approximate surface area is 146 Å². The number of hydrogen-bond acceptors (Lipinski definition) is 5. The van der Waals surface area contributed by atoms with Crippen LogP contribution in [-0.2, 0) is 11.8 Å². The summed E-state index contributed by atoms with van der Waals surface area (Å²) >= 11 is 0. The van der Waals surface area contributed by atoms with Crippen molar-refractivity contribution < 1.29 is 14.3 Å². The van der Waals surface area contributed by atoms with E-state index in [-0.39, 0.29) is 17.5 Å². The van der Waals surface area contributed by atoms with Crippen molar-refractivity contribution in [2.75, 3.05) is 13.7 Å². The minimum absolute atomic E-state index is 0.0279. The number of rotatable bonds is 3. The second-order valence-electron chi connectivity index (χ2n) is 6.28. The van der Waals surface area contributed by atoms with Gasteiger partial charge in [0, 0.05) is 37.2 Å². The van der Waals surface area contributed by atoms with Crippen LogP contribution in [0, 0.1) is 13.8 Å². The maximum atomic E-state index is 13.2. The summed E-state index contributed by atoms with van der Waals surface area (Å²) in [6, 6.07) is 1.55. The van der Waals surface area contributed by atoms with Crippen LogP contribution in [0.3, 0.4) is 0 Å². The Morgan fingerprint density at radius 3 is 2.68 bits per heavy atom. The molecule has 1 fully saturated rings. The molecule has 0 bridgehead atoms. The van der Waals surface area contributed by atoms with Gasteiger partial charge in [0.15, 0.2) is 0 Å². The van der Waals surface area contributed by atoms with Crippen molar-refractivity contribution in [3.63, 3.8) is 0 Å². The highest BCUT2D eigenvalue weighted by molar-refractivity contribution is 6.05. The summed E-state index contributed by atoms with van der Waals surface area (Å²) in [7, 11) is 3.20. The third kappa shape index (κ3) is 2.90. The quantitative estimate of drug-likeness (QED) is 0.799. The topological polar surface area (TPSA) is 77.3 Å². The standard InChI is InChI=1S/C18H22N4O3/c1-11-16(12(2)21(3)20-11)15-6-5-9-22(15)17(23)13-7-8-19-10-14(13)18(24)25-4/h7-8,10,15H,5-6,9H2,1-4H3/t15-/m1/s1. The molecule has 0 radical (unpaired) electrons. The summed E-state index contributed by atoms with van der Waals surface area (Å²) in [5, 5.41) is 4.48. The van der Waals surface area contributed by atoms with E-state index in [9.17, 15) is 9.59 Å². The number of carbonyl (C=O) groups excluding carboxylic acids is 2. The lowest BCUT2D eigenvalue weighted by Crippen LogP contribution is -2.32. The molecule has 0 aromatic carbocycles. The third-order valence-electron chi connectivity index (χ3n) is 4.87. The first-order valence-corrected chi connectivity index (χ1v) is 8.29. The normalized spacial score (nSPS) is 17.0. The van der Waals surface area contributed by atoms with Gasteiger partial charge in [-0.15, -0.1) is 0 Å². The molecular formula is C18H22N4O3. The Morgan fingerprint density at radius 1 is 1.28 bits per heavy atom. The molecule has 0 saturated carbocycles. The number of aromatic nitrogens is 3. The van der Waals surface area contributed by atoms with Crippen LogP contribution in [0.5, 0.6) is 0 Å². The van der Waals surface area contributed by atoms with E-state index in [0.717, 1.165) is 29.8 Å². The molecular weight excluding hydrogens is 320 g/mol. The molecule has 1 saturated heterocycles. The van der Waals surface area contributed by atoms with Gasteiger partial charge in [-0.3, -0.25) is 14.5 Å². The van der Waals surface area contributed by atoms with E-state index in [4.69, 9.17) is 4.74 Å². The van der Waals surface area contributed by atoms with Gasteiger partial charge in [0.1, 0.15) is 0 Å². The monoisotopic (exact) mass is 342 g/mol. The van der Waals surface area contributed by atoms with E-state index in [2.05, 4.69) is 10.1 Å². The van der Waals surface area contributed by atoms with Gasteiger partial charge in [0.2, 0.25) is 0 Å². The van der Waals surface area contributed by atoms with Crippen LogP contribution < -0.4 is 0 Å². The maximum absolute atomic E-state index is 13.2. The number of carbonyl (C=O) groups is 2. The fourth-order valence-electron chi connectivity index (χ4n) is 3.59. The number of esters is 1. The zero-order chi connectivity index (χ0) is 18.1. The van der Waals surface area contributed by atoms with Crippen LogP contribution in [0.2, 0.25) is 0 Å². The van der Waals surface area contributed by atoms with Crippen molar-refractivity contribution in [3.8, 4) is 0 Å². The average Bonchev–Trinajstić information content (AvgIpc) is 3.18. The molecule has 1 aliphatic heterocycles. The van der Waals surface area contributed by atoms with Crippen molar-refractivity contribution in [2.24, 2.45) is 7.05 Å². The lowest BCUT2D eigenvalue weighted by molar-refractivity contribution is 0.0587. The lowest BCUT2D eigenvalue weighted by Gasteiger charge is -2.26. The van der Waals surface area contributed by atoms with Crippen LogP contribution in [0.1, 0.15) is 56.6 Å². The third-order valence-corrected chi connectivity index (χ3v) is 4.87. The van der Waals surface area contributed by atoms with Gasteiger partial charge in [-0.1, -0.05) is 0 Å². The molecule has 1 aliphatic rings. The summed E-state index contributed by atoms with van der Waals surface area (Å²) < 4.78 is 6.62. The number of hydrogen-bond donors (Lipinski definition) is 0. The van der Waals surface area contributed by atoms with Gasteiger partial charge in [-0.25, -0.2) is 4.79 Å². The molecule has 0 aliphatic carbocycles. The van der Waals surface area contributed by atoms with E-state index < -0.39 is 5.97 Å². The van der Waals surface area contributed by atoms with E-state index in [0.29, 0.717) is 12.1 Å². The average molecular weight is 342 g/mol. The molecule has 0 unspecified atom stereocenters. The summed E-state index contributed by atoms with van der Waals surface area (Å²) in [5.41, 5.74) is 3.62. The minimum Gasteiger partial charge on any atom is -0.465 e. The van der Waals surface area contributed by atoms with E-state index in [1.807, 2.05) is 30.5 Å². The summed E-state index contributed by atoms with van der Waals surface area (Å²) in [6.07, 6.45) is 4.70. The largest absolute Gasteiger partial charge is 0.465 e. The number of nitrogens with zero attached hydrogens (tertiary/aromatic N) is 4. The molecule has 7 heteroatoms. The number of amides is 1. The number of ether oxygens (including phenoxy) is 1. The Hall–Kier alpha value is -2.70.